The number of rotatable bonds is 7. The van der Waals surface area contributed by atoms with Crippen LogP contribution in [-0.2, 0) is 14.3 Å². The van der Waals surface area contributed by atoms with Gasteiger partial charge in [0.1, 0.15) is 0 Å². The fourth-order valence-electron chi connectivity index (χ4n) is 2.39. The number of carbonyl (C=O) groups excluding carboxylic acids is 1. The van der Waals surface area contributed by atoms with E-state index in [0.29, 0.717) is 24.3 Å². The van der Waals surface area contributed by atoms with Gasteiger partial charge in [0, 0.05) is 11.1 Å². The summed E-state index contributed by atoms with van der Waals surface area (Å²) in [5.74, 6) is -0.788. The molecule has 0 aromatic rings. The monoisotopic (exact) mass is 280 g/mol. The molecule has 0 saturated heterocycles. The second-order valence-corrected chi connectivity index (χ2v) is 5.40. The summed E-state index contributed by atoms with van der Waals surface area (Å²) >= 11 is 0. The highest BCUT2D eigenvalue weighted by Crippen LogP contribution is 2.25. The molecule has 1 N–H and O–H groups in total. The highest BCUT2D eigenvalue weighted by molar-refractivity contribution is 5.87. The summed E-state index contributed by atoms with van der Waals surface area (Å²) in [5.41, 5.74) is 0.810. The lowest BCUT2D eigenvalue weighted by atomic mass is 9.88. The second-order valence-electron chi connectivity index (χ2n) is 5.40. The van der Waals surface area contributed by atoms with Crippen LogP contribution in [0.5, 0.6) is 0 Å². The fraction of sp³-hybridized carbons (Fsp3) is 0.625. The third-order valence-electron chi connectivity index (χ3n) is 3.62. The van der Waals surface area contributed by atoms with Crippen LogP contribution in [0.1, 0.15) is 51.9 Å². The molecule has 112 valence electrons. The summed E-state index contributed by atoms with van der Waals surface area (Å²) in [5, 5.41) is 8.64. The lowest BCUT2D eigenvalue weighted by molar-refractivity contribution is -0.139. The number of carbonyl (C=O) groups is 2. The maximum absolute atomic E-state index is 11.8. The maximum atomic E-state index is 11.8. The van der Waals surface area contributed by atoms with Crippen LogP contribution in [0.15, 0.2) is 23.8 Å². The van der Waals surface area contributed by atoms with Gasteiger partial charge in [-0.05, 0) is 38.5 Å². The summed E-state index contributed by atoms with van der Waals surface area (Å²) in [6.45, 7) is 5.45. The summed E-state index contributed by atoms with van der Waals surface area (Å²) in [7, 11) is 0. The van der Waals surface area contributed by atoms with Gasteiger partial charge in [0.2, 0.25) is 0 Å². The first kappa shape index (κ1) is 16.5. The molecule has 0 bridgehead atoms. The first-order valence-electron chi connectivity index (χ1n) is 7.27. The van der Waals surface area contributed by atoms with Crippen LogP contribution in [-0.4, -0.2) is 23.7 Å². The Hall–Kier alpha value is -1.58. The molecule has 0 aromatic heterocycles. The van der Waals surface area contributed by atoms with Crippen LogP contribution in [0.25, 0.3) is 0 Å². The predicted molar refractivity (Wildman–Crippen MR) is 77.3 cm³/mol. The molecular formula is C16H24O4. The van der Waals surface area contributed by atoms with Crippen molar-refractivity contribution >= 4 is 11.9 Å². The predicted octanol–water partition coefficient (Wildman–Crippen LogP) is 3.48. The second kappa shape index (κ2) is 8.56. The minimum absolute atomic E-state index is 0.149. The van der Waals surface area contributed by atoms with Crippen LogP contribution in [0.2, 0.25) is 0 Å². The van der Waals surface area contributed by atoms with E-state index in [9.17, 15) is 9.59 Å². The Balaban J connectivity index is 2.25. The zero-order valence-electron chi connectivity index (χ0n) is 12.2. The Kier molecular flexibility index (Phi) is 7.05. The van der Waals surface area contributed by atoms with Gasteiger partial charge in [-0.3, -0.25) is 0 Å². The SMILES string of the molecule is C=C(CCCOC(=O)C(C)=CC1CCCCC1)C(=O)O. The van der Waals surface area contributed by atoms with Crippen LogP contribution >= 0.6 is 0 Å². The molecule has 0 atom stereocenters. The van der Waals surface area contributed by atoms with E-state index in [1.807, 2.05) is 6.08 Å². The van der Waals surface area contributed by atoms with Gasteiger partial charge in [-0.15, -0.1) is 0 Å². The summed E-state index contributed by atoms with van der Waals surface area (Å²) in [6.07, 6.45) is 8.94. The molecule has 1 saturated carbocycles. The Morgan fingerprint density at radius 3 is 2.55 bits per heavy atom. The Bertz CT molecular complexity index is 389. The van der Waals surface area contributed by atoms with E-state index in [2.05, 4.69) is 6.58 Å². The van der Waals surface area contributed by atoms with Gasteiger partial charge < -0.3 is 9.84 Å². The molecular weight excluding hydrogens is 256 g/mol. The molecule has 0 amide bonds. The quantitative estimate of drug-likeness (QED) is 0.440. The normalized spacial score (nSPS) is 16.8. The fourth-order valence-corrected chi connectivity index (χ4v) is 2.39. The van der Waals surface area contributed by atoms with Gasteiger partial charge in [-0.1, -0.05) is 31.9 Å². The number of ether oxygens (including phenoxy) is 1. The molecule has 4 nitrogen and oxygen atoms in total. The summed E-state index contributed by atoms with van der Waals surface area (Å²) in [4.78, 5) is 22.3. The van der Waals surface area contributed by atoms with E-state index in [0.717, 1.165) is 12.8 Å². The molecule has 1 aliphatic rings. The molecule has 1 aliphatic carbocycles. The van der Waals surface area contributed by atoms with E-state index in [4.69, 9.17) is 9.84 Å². The van der Waals surface area contributed by atoms with Crippen LogP contribution in [0.3, 0.4) is 0 Å². The van der Waals surface area contributed by atoms with Crippen molar-refractivity contribution < 1.29 is 19.4 Å². The number of carboxylic acid groups (broad SMARTS) is 1. The molecule has 0 aliphatic heterocycles. The van der Waals surface area contributed by atoms with Gasteiger partial charge >= 0.3 is 11.9 Å². The van der Waals surface area contributed by atoms with E-state index in [-0.39, 0.29) is 18.1 Å². The highest BCUT2D eigenvalue weighted by Gasteiger charge is 2.14. The molecule has 0 aromatic carbocycles. The van der Waals surface area contributed by atoms with E-state index in [1.165, 1.54) is 19.3 Å². The van der Waals surface area contributed by atoms with Crippen molar-refractivity contribution in [2.45, 2.75) is 51.9 Å². The zero-order valence-corrected chi connectivity index (χ0v) is 12.2. The van der Waals surface area contributed by atoms with Gasteiger partial charge in [0.15, 0.2) is 0 Å². The largest absolute Gasteiger partial charge is 0.478 e. The van der Waals surface area contributed by atoms with Crippen molar-refractivity contribution in [1.82, 2.24) is 0 Å². The topological polar surface area (TPSA) is 63.6 Å². The molecule has 0 unspecified atom stereocenters. The molecule has 1 rings (SSSR count). The molecule has 4 heteroatoms. The standard InChI is InChI=1S/C16H24O4/c1-12(15(17)18)7-6-10-20-16(19)13(2)11-14-8-4-3-5-9-14/h11,14H,1,3-10H2,2H3,(H,17,18). The molecule has 1 fully saturated rings. The van der Waals surface area contributed by atoms with Crippen LogP contribution in [0, 0.1) is 5.92 Å². The Morgan fingerprint density at radius 1 is 1.30 bits per heavy atom. The Labute approximate surface area is 120 Å². The molecule has 0 heterocycles. The van der Waals surface area contributed by atoms with Gasteiger partial charge in [0.05, 0.1) is 6.61 Å². The number of carboxylic acids is 1. The summed E-state index contributed by atoms with van der Waals surface area (Å²) in [6, 6.07) is 0. The van der Waals surface area contributed by atoms with Crippen LogP contribution in [0.4, 0.5) is 0 Å². The van der Waals surface area contributed by atoms with Crippen molar-refractivity contribution in [1.29, 1.82) is 0 Å². The lowest BCUT2D eigenvalue weighted by Gasteiger charge is -2.18. The minimum atomic E-state index is -0.996. The lowest BCUT2D eigenvalue weighted by Crippen LogP contribution is -2.11. The van der Waals surface area contributed by atoms with Crippen molar-refractivity contribution in [3.05, 3.63) is 23.8 Å². The third kappa shape index (κ3) is 6.04. The number of hydrogen-bond acceptors (Lipinski definition) is 3. The van der Waals surface area contributed by atoms with Crippen LogP contribution < -0.4 is 0 Å². The zero-order chi connectivity index (χ0) is 15.0. The van der Waals surface area contributed by atoms with E-state index in [1.54, 1.807) is 6.92 Å². The summed E-state index contributed by atoms with van der Waals surface area (Å²) < 4.78 is 5.13. The molecule has 0 radical (unpaired) electrons. The smallest absolute Gasteiger partial charge is 0.333 e. The van der Waals surface area contributed by atoms with Crippen molar-refractivity contribution in [2.24, 2.45) is 5.92 Å². The van der Waals surface area contributed by atoms with Gasteiger partial charge in [0.25, 0.3) is 0 Å². The number of hydrogen-bond donors (Lipinski definition) is 1. The van der Waals surface area contributed by atoms with Gasteiger partial charge in [-0.2, -0.15) is 0 Å². The third-order valence-corrected chi connectivity index (χ3v) is 3.62. The first-order chi connectivity index (χ1) is 9.50. The average Bonchev–Trinajstić information content (AvgIpc) is 2.43. The van der Waals surface area contributed by atoms with Gasteiger partial charge in [-0.25, -0.2) is 9.59 Å². The van der Waals surface area contributed by atoms with E-state index >= 15 is 0 Å². The Morgan fingerprint density at radius 2 is 1.95 bits per heavy atom. The minimum Gasteiger partial charge on any atom is -0.478 e. The number of allylic oxidation sites excluding steroid dienone is 1. The molecule has 20 heavy (non-hydrogen) atoms. The van der Waals surface area contributed by atoms with Crippen molar-refractivity contribution in [3.8, 4) is 0 Å². The highest BCUT2D eigenvalue weighted by atomic mass is 16.5. The first-order valence-corrected chi connectivity index (χ1v) is 7.27. The average molecular weight is 280 g/mol. The van der Waals surface area contributed by atoms with Crippen molar-refractivity contribution in [3.63, 3.8) is 0 Å². The van der Waals surface area contributed by atoms with Crippen molar-refractivity contribution in [2.75, 3.05) is 6.61 Å². The van der Waals surface area contributed by atoms with E-state index < -0.39 is 5.97 Å². The number of aliphatic carboxylic acids is 1. The number of esters is 1. The maximum Gasteiger partial charge on any atom is 0.333 e. The molecule has 0 spiro atoms.